The molecule has 2 rings (SSSR count). The summed E-state index contributed by atoms with van der Waals surface area (Å²) < 4.78 is 0. The van der Waals surface area contributed by atoms with Crippen LogP contribution in [0.25, 0.3) is 5.57 Å². The van der Waals surface area contributed by atoms with Crippen molar-refractivity contribution in [1.82, 2.24) is 10.6 Å². The van der Waals surface area contributed by atoms with E-state index in [0.29, 0.717) is 12.1 Å². The van der Waals surface area contributed by atoms with E-state index in [1.807, 2.05) is 0 Å². The monoisotopic (exact) mass is 244 g/mol. The Morgan fingerprint density at radius 1 is 1.33 bits per heavy atom. The van der Waals surface area contributed by atoms with Gasteiger partial charge in [-0.05, 0) is 43.9 Å². The zero-order chi connectivity index (χ0) is 13.1. The van der Waals surface area contributed by atoms with Crippen LogP contribution >= 0.6 is 0 Å². The zero-order valence-electron chi connectivity index (χ0n) is 11.7. The third-order valence-electron chi connectivity index (χ3n) is 3.70. The van der Waals surface area contributed by atoms with Gasteiger partial charge in [-0.2, -0.15) is 0 Å². The van der Waals surface area contributed by atoms with Crippen LogP contribution in [-0.2, 0) is 0 Å². The molecule has 1 aliphatic rings. The van der Waals surface area contributed by atoms with Gasteiger partial charge in [0.1, 0.15) is 0 Å². The molecule has 0 saturated carbocycles. The van der Waals surface area contributed by atoms with E-state index >= 15 is 0 Å². The minimum atomic E-state index is 0.438. The van der Waals surface area contributed by atoms with E-state index in [-0.39, 0.29) is 0 Å². The highest BCUT2D eigenvalue weighted by Gasteiger charge is 2.21. The molecule has 0 amide bonds. The van der Waals surface area contributed by atoms with Gasteiger partial charge in [-0.3, -0.25) is 5.32 Å². The lowest BCUT2D eigenvalue weighted by Gasteiger charge is -2.19. The molecule has 1 aliphatic heterocycles. The molecule has 1 fully saturated rings. The second-order valence-electron chi connectivity index (χ2n) is 5.56. The van der Waals surface area contributed by atoms with Crippen molar-refractivity contribution in [3.63, 3.8) is 0 Å². The van der Waals surface area contributed by atoms with Crippen LogP contribution in [-0.4, -0.2) is 19.3 Å². The molecule has 0 aromatic heterocycles. The molecule has 2 heteroatoms. The van der Waals surface area contributed by atoms with Crippen molar-refractivity contribution in [1.29, 1.82) is 0 Å². The summed E-state index contributed by atoms with van der Waals surface area (Å²) >= 11 is 0. The van der Waals surface area contributed by atoms with Gasteiger partial charge in [0.15, 0.2) is 0 Å². The van der Waals surface area contributed by atoms with Crippen molar-refractivity contribution < 1.29 is 0 Å². The zero-order valence-corrected chi connectivity index (χ0v) is 11.7. The molecule has 18 heavy (non-hydrogen) atoms. The van der Waals surface area contributed by atoms with Crippen molar-refractivity contribution in [3.05, 3.63) is 41.5 Å². The van der Waals surface area contributed by atoms with Crippen LogP contribution in [0.1, 0.15) is 30.0 Å². The fourth-order valence-electron chi connectivity index (χ4n) is 2.62. The molecule has 98 valence electrons. The first-order valence-electron chi connectivity index (χ1n) is 6.79. The molecule has 2 atom stereocenters. The van der Waals surface area contributed by atoms with Crippen molar-refractivity contribution in [3.8, 4) is 0 Å². The first kappa shape index (κ1) is 13.3. The molecule has 1 aromatic carbocycles. The van der Waals surface area contributed by atoms with Gasteiger partial charge in [0.25, 0.3) is 0 Å². The first-order valence-corrected chi connectivity index (χ1v) is 6.79. The van der Waals surface area contributed by atoms with Gasteiger partial charge < -0.3 is 5.32 Å². The van der Waals surface area contributed by atoms with E-state index in [1.54, 1.807) is 0 Å². The molecule has 1 heterocycles. The van der Waals surface area contributed by atoms with Gasteiger partial charge in [-0.1, -0.05) is 42.8 Å². The lowest BCUT2D eigenvalue weighted by molar-refractivity contribution is 0.417. The summed E-state index contributed by atoms with van der Waals surface area (Å²) in [6, 6.07) is 6.62. The molecule has 2 unspecified atom stereocenters. The second kappa shape index (κ2) is 5.68. The molecule has 1 saturated heterocycles. The Balaban J connectivity index is 1.95. The van der Waals surface area contributed by atoms with E-state index in [1.165, 1.54) is 28.7 Å². The summed E-state index contributed by atoms with van der Waals surface area (Å²) in [6.45, 7) is 12.7. The fourth-order valence-corrected chi connectivity index (χ4v) is 2.62. The highest BCUT2D eigenvalue weighted by molar-refractivity contribution is 5.65. The van der Waals surface area contributed by atoms with Crippen LogP contribution in [0.3, 0.4) is 0 Å². The Hall–Kier alpha value is -1.12. The first-order chi connectivity index (χ1) is 8.56. The van der Waals surface area contributed by atoms with Gasteiger partial charge >= 0.3 is 0 Å². The Morgan fingerprint density at radius 2 is 2.00 bits per heavy atom. The topological polar surface area (TPSA) is 24.1 Å². The van der Waals surface area contributed by atoms with E-state index < -0.39 is 0 Å². The minimum absolute atomic E-state index is 0.438. The Labute approximate surface area is 110 Å². The molecular weight excluding hydrogens is 220 g/mol. The number of rotatable bonds is 4. The number of benzene rings is 1. The summed E-state index contributed by atoms with van der Waals surface area (Å²) in [6.07, 6.45) is 1.70. The number of nitrogens with one attached hydrogen (secondary N) is 2. The van der Waals surface area contributed by atoms with Gasteiger partial charge in [0.2, 0.25) is 0 Å². The van der Waals surface area contributed by atoms with Crippen molar-refractivity contribution in [2.24, 2.45) is 5.92 Å². The molecule has 2 N–H and O–H groups in total. The maximum Gasteiger partial charge on any atom is 0.0601 e. The Kier molecular flexibility index (Phi) is 4.20. The van der Waals surface area contributed by atoms with E-state index in [2.05, 4.69) is 56.2 Å². The van der Waals surface area contributed by atoms with E-state index in [4.69, 9.17) is 0 Å². The number of aryl methyl sites for hydroxylation is 2. The van der Waals surface area contributed by atoms with E-state index in [0.717, 1.165) is 13.1 Å². The summed E-state index contributed by atoms with van der Waals surface area (Å²) in [7, 11) is 0. The van der Waals surface area contributed by atoms with E-state index in [9.17, 15) is 0 Å². The predicted octanol–water partition coefficient (Wildman–Crippen LogP) is 2.86. The van der Waals surface area contributed by atoms with Gasteiger partial charge in [0, 0.05) is 6.54 Å². The van der Waals surface area contributed by atoms with Gasteiger partial charge in [-0.15, -0.1) is 0 Å². The number of hydrogen-bond donors (Lipinski definition) is 2. The summed E-state index contributed by atoms with van der Waals surface area (Å²) in [4.78, 5) is 0. The standard InChI is InChI=1S/C16H24N2/c1-11-7-12(2)9-15(8-11)14(4)10-18-16-13(3)5-6-17-16/h7-9,13,16-18H,4-6,10H2,1-3H3. The van der Waals surface area contributed by atoms with Crippen molar-refractivity contribution in [2.45, 2.75) is 33.4 Å². The molecule has 0 aliphatic carbocycles. The third-order valence-corrected chi connectivity index (χ3v) is 3.70. The van der Waals surface area contributed by atoms with Crippen LogP contribution in [0.15, 0.2) is 24.8 Å². The molecule has 0 radical (unpaired) electrons. The molecule has 0 bridgehead atoms. The highest BCUT2D eigenvalue weighted by atomic mass is 15.1. The number of hydrogen-bond acceptors (Lipinski definition) is 2. The average molecular weight is 244 g/mol. The third kappa shape index (κ3) is 3.21. The Morgan fingerprint density at radius 3 is 2.56 bits per heavy atom. The molecule has 1 aromatic rings. The van der Waals surface area contributed by atoms with Crippen LogP contribution < -0.4 is 10.6 Å². The van der Waals surface area contributed by atoms with Crippen molar-refractivity contribution >= 4 is 5.57 Å². The highest BCUT2D eigenvalue weighted by Crippen LogP contribution is 2.17. The predicted molar refractivity (Wildman–Crippen MR) is 78.5 cm³/mol. The summed E-state index contributed by atoms with van der Waals surface area (Å²) in [5.74, 6) is 0.706. The maximum absolute atomic E-state index is 4.20. The summed E-state index contributed by atoms with van der Waals surface area (Å²) in [5, 5.41) is 7.04. The van der Waals surface area contributed by atoms with Crippen LogP contribution in [0, 0.1) is 19.8 Å². The van der Waals surface area contributed by atoms with Crippen molar-refractivity contribution in [2.75, 3.05) is 13.1 Å². The molecular formula is C16H24N2. The molecule has 0 spiro atoms. The molecule has 2 nitrogen and oxygen atoms in total. The Bertz CT molecular complexity index is 416. The lowest BCUT2D eigenvalue weighted by Crippen LogP contribution is -2.41. The van der Waals surface area contributed by atoms with Crippen LogP contribution in [0.5, 0.6) is 0 Å². The average Bonchev–Trinajstić information content (AvgIpc) is 2.70. The van der Waals surface area contributed by atoms with Crippen LogP contribution in [0.2, 0.25) is 0 Å². The van der Waals surface area contributed by atoms with Gasteiger partial charge in [-0.25, -0.2) is 0 Å². The van der Waals surface area contributed by atoms with Crippen LogP contribution in [0.4, 0.5) is 0 Å². The SMILES string of the molecule is C=C(CNC1NCCC1C)c1cc(C)cc(C)c1. The largest absolute Gasteiger partial charge is 0.302 e. The normalized spacial score (nSPS) is 23.3. The van der Waals surface area contributed by atoms with Gasteiger partial charge in [0.05, 0.1) is 6.17 Å². The quantitative estimate of drug-likeness (QED) is 0.851. The lowest BCUT2D eigenvalue weighted by atomic mass is 10.0. The minimum Gasteiger partial charge on any atom is -0.302 e. The summed E-state index contributed by atoms with van der Waals surface area (Å²) in [5.41, 5.74) is 5.03. The second-order valence-corrected chi connectivity index (χ2v) is 5.56. The fraction of sp³-hybridized carbons (Fsp3) is 0.500. The smallest absolute Gasteiger partial charge is 0.0601 e. The maximum atomic E-state index is 4.20.